The van der Waals surface area contributed by atoms with E-state index in [1.165, 1.54) is 21.9 Å². The van der Waals surface area contributed by atoms with Crippen LogP contribution in [0.15, 0.2) is 53.7 Å². The van der Waals surface area contributed by atoms with E-state index in [1.54, 1.807) is 30.3 Å². The number of benzene rings is 2. The number of amides is 3. The van der Waals surface area contributed by atoms with Crippen LogP contribution in [0, 0.1) is 19.7 Å². The van der Waals surface area contributed by atoms with Crippen molar-refractivity contribution in [3.63, 3.8) is 0 Å². The minimum absolute atomic E-state index is 0.192. The molecule has 3 amide bonds. The van der Waals surface area contributed by atoms with Gasteiger partial charge in [0, 0.05) is 12.6 Å². The van der Waals surface area contributed by atoms with E-state index in [0.717, 1.165) is 16.7 Å². The third-order valence-corrected chi connectivity index (χ3v) is 5.91. The lowest BCUT2D eigenvalue weighted by Gasteiger charge is -2.40. The molecule has 8 heteroatoms. The Labute approximate surface area is 179 Å². The van der Waals surface area contributed by atoms with Gasteiger partial charge >= 0.3 is 6.03 Å². The van der Waals surface area contributed by atoms with E-state index in [-0.39, 0.29) is 30.3 Å². The Morgan fingerprint density at radius 2 is 1.84 bits per heavy atom. The summed E-state index contributed by atoms with van der Waals surface area (Å²) in [4.78, 5) is 35.3. The van der Waals surface area contributed by atoms with Gasteiger partial charge in [-0.2, -0.15) is 0 Å². The van der Waals surface area contributed by atoms with Crippen LogP contribution >= 0.6 is 0 Å². The average molecular weight is 420 g/mol. The SMILES string of the molecule is Cc1ccc(C)c(CN2C(=O)C3C(N=C4OC(c5ccc(F)cc5)=CN43)N(C)C2=O)c1. The van der Waals surface area contributed by atoms with Crippen LogP contribution in [0.5, 0.6) is 0 Å². The quantitative estimate of drug-likeness (QED) is 0.765. The minimum atomic E-state index is -0.708. The summed E-state index contributed by atoms with van der Waals surface area (Å²) >= 11 is 0. The van der Waals surface area contributed by atoms with Crippen molar-refractivity contribution in [2.45, 2.75) is 32.6 Å². The highest BCUT2D eigenvalue weighted by Crippen LogP contribution is 2.35. The molecule has 7 nitrogen and oxygen atoms in total. The lowest BCUT2D eigenvalue weighted by Crippen LogP contribution is -2.63. The second-order valence-electron chi connectivity index (χ2n) is 8.03. The molecule has 2 atom stereocenters. The maximum absolute atomic E-state index is 13.4. The molecule has 2 aromatic rings. The second-order valence-corrected chi connectivity index (χ2v) is 8.03. The average Bonchev–Trinajstić information content (AvgIpc) is 3.31. The molecular formula is C23H21FN4O3. The summed E-state index contributed by atoms with van der Waals surface area (Å²) < 4.78 is 19.1. The molecule has 0 saturated carbocycles. The fourth-order valence-corrected chi connectivity index (χ4v) is 4.12. The van der Waals surface area contributed by atoms with Crippen molar-refractivity contribution < 1.29 is 18.7 Å². The number of nitrogens with zero attached hydrogens (tertiary/aromatic N) is 4. The fraction of sp³-hybridized carbons (Fsp3) is 0.261. The van der Waals surface area contributed by atoms with Gasteiger partial charge in [0.15, 0.2) is 18.0 Å². The van der Waals surface area contributed by atoms with Crippen molar-refractivity contribution in [3.8, 4) is 0 Å². The van der Waals surface area contributed by atoms with Gasteiger partial charge in [-0.25, -0.2) is 14.2 Å². The zero-order chi connectivity index (χ0) is 21.9. The number of hydrogen-bond donors (Lipinski definition) is 0. The first kappa shape index (κ1) is 19.3. The molecule has 0 N–H and O–H groups in total. The number of likely N-dealkylation sites (N-methyl/N-ethyl adjacent to an activating group) is 1. The lowest BCUT2D eigenvalue weighted by atomic mass is 10.0. The van der Waals surface area contributed by atoms with E-state index in [0.29, 0.717) is 11.3 Å². The Bertz CT molecular complexity index is 1160. The number of rotatable bonds is 3. The number of carbonyl (C=O) groups is 2. The van der Waals surface area contributed by atoms with Crippen LogP contribution in [-0.4, -0.2) is 51.9 Å². The van der Waals surface area contributed by atoms with E-state index in [9.17, 15) is 14.0 Å². The Balaban J connectivity index is 1.45. The first-order valence-corrected chi connectivity index (χ1v) is 9.99. The number of urea groups is 1. The molecule has 1 saturated heterocycles. The number of aliphatic imine (C=N–C) groups is 1. The molecule has 0 bridgehead atoms. The number of aryl methyl sites for hydroxylation is 2. The van der Waals surface area contributed by atoms with Crippen LogP contribution in [0.3, 0.4) is 0 Å². The number of fused-ring (bicyclic) bond motifs is 3. The van der Waals surface area contributed by atoms with Crippen LogP contribution in [0.1, 0.15) is 22.3 Å². The van der Waals surface area contributed by atoms with Crippen molar-refractivity contribution in [2.75, 3.05) is 7.05 Å². The van der Waals surface area contributed by atoms with Crippen molar-refractivity contribution in [1.82, 2.24) is 14.7 Å². The second kappa shape index (κ2) is 6.94. The predicted octanol–water partition coefficient (Wildman–Crippen LogP) is 3.23. The summed E-state index contributed by atoms with van der Waals surface area (Å²) in [7, 11) is 1.64. The Morgan fingerprint density at radius 3 is 2.58 bits per heavy atom. The molecule has 2 unspecified atom stereocenters. The Kier molecular flexibility index (Phi) is 4.32. The lowest BCUT2D eigenvalue weighted by molar-refractivity contribution is -0.137. The number of ether oxygens (including phenoxy) is 1. The summed E-state index contributed by atoms with van der Waals surface area (Å²) in [5.41, 5.74) is 3.68. The molecule has 0 aromatic heterocycles. The van der Waals surface area contributed by atoms with Crippen LogP contribution in [0.4, 0.5) is 9.18 Å². The van der Waals surface area contributed by atoms with E-state index < -0.39 is 12.2 Å². The number of amidine groups is 1. The van der Waals surface area contributed by atoms with Crippen LogP contribution in [0.25, 0.3) is 5.76 Å². The van der Waals surface area contributed by atoms with E-state index in [2.05, 4.69) is 4.99 Å². The summed E-state index contributed by atoms with van der Waals surface area (Å²) in [5, 5.41) is 0. The van der Waals surface area contributed by atoms with Gasteiger partial charge < -0.3 is 9.64 Å². The minimum Gasteiger partial charge on any atom is -0.423 e. The standard InChI is InChI=1S/C23H21FN4O3/c1-13-4-5-14(2)16(10-13)11-28-21(29)19-20(26(3)23(28)30)25-22-27(19)12-18(31-22)15-6-8-17(24)9-7-15/h4-10,12,19-20H,11H2,1-3H3. The molecule has 3 aliphatic heterocycles. The molecule has 0 radical (unpaired) electrons. The fourth-order valence-electron chi connectivity index (χ4n) is 4.12. The zero-order valence-electron chi connectivity index (χ0n) is 17.4. The van der Waals surface area contributed by atoms with Crippen LogP contribution in [0.2, 0.25) is 0 Å². The molecule has 3 aliphatic rings. The summed E-state index contributed by atoms with van der Waals surface area (Å²) in [6.07, 6.45) is 1.03. The molecule has 31 heavy (non-hydrogen) atoms. The van der Waals surface area contributed by atoms with Crippen LogP contribution < -0.4 is 0 Å². The predicted molar refractivity (Wildman–Crippen MR) is 112 cm³/mol. The van der Waals surface area contributed by atoms with E-state index in [1.807, 2.05) is 32.0 Å². The van der Waals surface area contributed by atoms with E-state index in [4.69, 9.17) is 4.74 Å². The Morgan fingerprint density at radius 1 is 1.10 bits per heavy atom. The molecule has 5 rings (SSSR count). The van der Waals surface area contributed by atoms with Crippen molar-refractivity contribution in [1.29, 1.82) is 0 Å². The maximum Gasteiger partial charge on any atom is 0.328 e. The summed E-state index contributed by atoms with van der Waals surface area (Å²) in [6.45, 7) is 4.13. The van der Waals surface area contributed by atoms with Gasteiger partial charge in [-0.05, 0) is 49.2 Å². The molecule has 2 aromatic carbocycles. The first-order valence-electron chi connectivity index (χ1n) is 9.99. The van der Waals surface area contributed by atoms with E-state index >= 15 is 0 Å². The third kappa shape index (κ3) is 3.06. The molecule has 0 aliphatic carbocycles. The highest BCUT2D eigenvalue weighted by molar-refractivity contribution is 6.04. The number of halogens is 1. The largest absolute Gasteiger partial charge is 0.423 e. The van der Waals surface area contributed by atoms with Gasteiger partial charge in [0.25, 0.3) is 11.9 Å². The molecule has 0 spiro atoms. The van der Waals surface area contributed by atoms with Crippen molar-refractivity contribution in [2.24, 2.45) is 4.99 Å². The number of carbonyl (C=O) groups excluding carboxylic acids is 2. The highest BCUT2D eigenvalue weighted by Gasteiger charge is 2.54. The van der Waals surface area contributed by atoms with Gasteiger partial charge in [0.2, 0.25) is 0 Å². The van der Waals surface area contributed by atoms with Gasteiger partial charge in [-0.1, -0.05) is 23.8 Å². The van der Waals surface area contributed by atoms with Crippen molar-refractivity contribution in [3.05, 3.63) is 76.7 Å². The summed E-state index contributed by atoms with van der Waals surface area (Å²) in [6, 6.07) is 11.0. The third-order valence-electron chi connectivity index (χ3n) is 5.91. The van der Waals surface area contributed by atoms with Gasteiger partial charge in [-0.15, -0.1) is 0 Å². The Hall–Kier alpha value is -3.68. The monoisotopic (exact) mass is 420 g/mol. The smallest absolute Gasteiger partial charge is 0.328 e. The van der Waals surface area contributed by atoms with Gasteiger partial charge in [0.1, 0.15) is 5.82 Å². The molecular weight excluding hydrogens is 399 g/mol. The zero-order valence-corrected chi connectivity index (χ0v) is 17.4. The molecule has 3 heterocycles. The summed E-state index contributed by atoms with van der Waals surface area (Å²) in [5.74, 6) is -0.191. The van der Waals surface area contributed by atoms with Crippen molar-refractivity contribution >= 4 is 23.7 Å². The molecule has 158 valence electrons. The highest BCUT2D eigenvalue weighted by atomic mass is 19.1. The van der Waals surface area contributed by atoms with Crippen LogP contribution in [-0.2, 0) is 16.1 Å². The number of hydrogen-bond acceptors (Lipinski definition) is 5. The normalized spacial score (nSPS) is 22.3. The maximum atomic E-state index is 13.4. The number of imide groups is 1. The van der Waals surface area contributed by atoms with Gasteiger partial charge in [-0.3, -0.25) is 14.6 Å². The topological polar surface area (TPSA) is 65.5 Å². The van der Waals surface area contributed by atoms with Gasteiger partial charge in [0.05, 0.1) is 12.7 Å². The molecule has 1 fully saturated rings. The first-order chi connectivity index (χ1) is 14.8.